The van der Waals surface area contributed by atoms with Crippen molar-refractivity contribution in [2.45, 2.75) is 30.4 Å². The molecule has 0 unspecified atom stereocenters. The van der Waals surface area contributed by atoms with E-state index in [4.69, 9.17) is 5.11 Å². The number of hydrogen-bond donors (Lipinski definition) is 3. The molecule has 0 radical (unpaired) electrons. The van der Waals surface area contributed by atoms with Gasteiger partial charge >= 0.3 is 0 Å². The minimum Gasteiger partial charge on any atom is -0.396 e. The smallest absolute Gasteiger partial charge is 0.250 e. The zero-order valence-electron chi connectivity index (χ0n) is 11.8. The van der Waals surface area contributed by atoms with Gasteiger partial charge in [0.2, 0.25) is 10.0 Å². The van der Waals surface area contributed by atoms with Gasteiger partial charge in [-0.3, -0.25) is 5.10 Å². The average molecular weight is 329 g/mol. The average Bonchev–Trinajstić information content (AvgIpc) is 3.05. The molecule has 0 amide bonds. The largest absolute Gasteiger partial charge is 0.396 e. The van der Waals surface area contributed by atoms with Gasteiger partial charge in [-0.05, 0) is 37.5 Å². The van der Waals surface area contributed by atoms with Crippen molar-refractivity contribution in [2.24, 2.45) is 0 Å². The Bertz CT molecular complexity index is 676. The maximum atomic E-state index is 12.1. The highest BCUT2D eigenvalue weighted by Gasteiger charge is 2.16. The van der Waals surface area contributed by atoms with Crippen LogP contribution in [-0.4, -0.2) is 36.9 Å². The fourth-order valence-corrected chi connectivity index (χ4v) is 4.39. The zero-order valence-corrected chi connectivity index (χ0v) is 13.4. The van der Waals surface area contributed by atoms with Gasteiger partial charge in [0.05, 0.1) is 6.20 Å². The molecule has 2 heterocycles. The number of aliphatic hydroxyl groups excluding tert-OH is 1. The lowest BCUT2D eigenvalue weighted by molar-refractivity contribution is 0.300. The molecule has 0 bridgehead atoms. The molecule has 2 aromatic heterocycles. The van der Waals surface area contributed by atoms with E-state index in [-0.39, 0.29) is 6.61 Å². The number of hydrogen-bond acceptors (Lipinski definition) is 5. The first-order valence-electron chi connectivity index (χ1n) is 6.71. The standard InChI is InChI=1S/C13H19N3O3S2/c1-10-11(9-14-16-10)3-2-7-15-21(18,19)13-5-4-12(20-13)6-8-17/h4-5,9,15,17H,2-3,6-8H2,1H3,(H,14,16). The molecule has 0 fully saturated rings. The van der Waals surface area contributed by atoms with Crippen molar-refractivity contribution >= 4 is 21.4 Å². The van der Waals surface area contributed by atoms with Gasteiger partial charge in [-0.2, -0.15) is 5.10 Å². The van der Waals surface area contributed by atoms with Crippen LogP contribution in [0.3, 0.4) is 0 Å². The van der Waals surface area contributed by atoms with Gasteiger partial charge in [0.1, 0.15) is 4.21 Å². The molecule has 0 saturated carbocycles. The number of sulfonamides is 1. The van der Waals surface area contributed by atoms with Crippen molar-refractivity contribution in [1.82, 2.24) is 14.9 Å². The van der Waals surface area contributed by atoms with Gasteiger partial charge < -0.3 is 5.11 Å². The molecular formula is C13H19N3O3S2. The van der Waals surface area contributed by atoms with E-state index in [1.165, 1.54) is 11.3 Å². The number of rotatable bonds is 8. The molecule has 0 aliphatic carbocycles. The number of aliphatic hydroxyl groups is 1. The lowest BCUT2D eigenvalue weighted by Gasteiger charge is -2.04. The van der Waals surface area contributed by atoms with Crippen LogP contribution in [-0.2, 0) is 22.9 Å². The molecular weight excluding hydrogens is 310 g/mol. The van der Waals surface area contributed by atoms with Crippen molar-refractivity contribution in [1.29, 1.82) is 0 Å². The van der Waals surface area contributed by atoms with Gasteiger partial charge in [0, 0.05) is 30.1 Å². The SMILES string of the molecule is Cc1[nH]ncc1CCCNS(=O)(=O)c1ccc(CCO)s1. The fourth-order valence-electron chi connectivity index (χ4n) is 1.93. The Labute approximate surface area is 128 Å². The Morgan fingerprint density at radius 3 is 2.86 bits per heavy atom. The predicted octanol–water partition coefficient (Wildman–Crippen LogP) is 1.23. The highest BCUT2D eigenvalue weighted by Crippen LogP contribution is 2.21. The molecule has 3 N–H and O–H groups in total. The second kappa shape index (κ2) is 7.17. The molecule has 116 valence electrons. The molecule has 0 saturated heterocycles. The van der Waals surface area contributed by atoms with Crippen LogP contribution in [0.5, 0.6) is 0 Å². The Balaban J connectivity index is 1.84. The Morgan fingerprint density at radius 1 is 1.38 bits per heavy atom. The number of aromatic amines is 1. The topological polar surface area (TPSA) is 95.1 Å². The molecule has 0 aliphatic heterocycles. The van der Waals surface area contributed by atoms with E-state index in [0.717, 1.165) is 22.6 Å². The fraction of sp³-hybridized carbons (Fsp3) is 0.462. The molecule has 8 heteroatoms. The second-order valence-electron chi connectivity index (χ2n) is 4.72. The molecule has 6 nitrogen and oxygen atoms in total. The summed E-state index contributed by atoms with van der Waals surface area (Å²) in [5, 5.41) is 15.6. The molecule has 2 aromatic rings. The summed E-state index contributed by atoms with van der Waals surface area (Å²) in [5.74, 6) is 0. The van der Waals surface area contributed by atoms with Gasteiger partial charge in [-0.1, -0.05) is 0 Å². The summed E-state index contributed by atoms with van der Waals surface area (Å²) in [6.07, 6.45) is 3.75. The first-order chi connectivity index (χ1) is 10.0. The van der Waals surface area contributed by atoms with Crippen LogP contribution in [0, 0.1) is 6.92 Å². The second-order valence-corrected chi connectivity index (χ2v) is 7.88. The third-order valence-electron chi connectivity index (χ3n) is 3.11. The number of thiophene rings is 1. The lowest BCUT2D eigenvalue weighted by atomic mass is 10.1. The Kier molecular flexibility index (Phi) is 5.51. The summed E-state index contributed by atoms with van der Waals surface area (Å²) in [4.78, 5) is 0.867. The third kappa shape index (κ3) is 4.37. The van der Waals surface area contributed by atoms with E-state index >= 15 is 0 Å². The van der Waals surface area contributed by atoms with E-state index < -0.39 is 10.0 Å². The summed E-state index contributed by atoms with van der Waals surface area (Å²) >= 11 is 1.20. The number of aromatic nitrogens is 2. The van der Waals surface area contributed by atoms with Gasteiger partial charge in [-0.15, -0.1) is 11.3 Å². The first kappa shape index (κ1) is 16.2. The summed E-state index contributed by atoms with van der Waals surface area (Å²) < 4.78 is 27.1. The number of nitrogens with one attached hydrogen (secondary N) is 2. The highest BCUT2D eigenvalue weighted by atomic mass is 32.2. The lowest BCUT2D eigenvalue weighted by Crippen LogP contribution is -2.24. The van der Waals surface area contributed by atoms with E-state index in [9.17, 15) is 8.42 Å². The molecule has 0 aromatic carbocycles. The van der Waals surface area contributed by atoms with Crippen LogP contribution in [0.15, 0.2) is 22.5 Å². The van der Waals surface area contributed by atoms with E-state index in [1.54, 1.807) is 18.3 Å². The monoisotopic (exact) mass is 329 g/mol. The summed E-state index contributed by atoms with van der Waals surface area (Å²) in [5.41, 5.74) is 2.13. The van der Waals surface area contributed by atoms with Crippen LogP contribution >= 0.6 is 11.3 Å². The first-order valence-corrected chi connectivity index (χ1v) is 9.01. The van der Waals surface area contributed by atoms with Crippen LogP contribution in [0.4, 0.5) is 0 Å². The minimum atomic E-state index is -3.45. The van der Waals surface area contributed by atoms with Crippen molar-refractivity contribution in [3.63, 3.8) is 0 Å². The van der Waals surface area contributed by atoms with Gasteiger partial charge in [0.15, 0.2) is 0 Å². The van der Waals surface area contributed by atoms with Crippen molar-refractivity contribution < 1.29 is 13.5 Å². The molecule has 0 atom stereocenters. The van der Waals surface area contributed by atoms with Crippen LogP contribution in [0.2, 0.25) is 0 Å². The predicted molar refractivity (Wildman–Crippen MR) is 81.9 cm³/mol. The molecule has 0 aliphatic rings. The van der Waals surface area contributed by atoms with E-state index in [2.05, 4.69) is 14.9 Å². The van der Waals surface area contributed by atoms with Crippen LogP contribution in [0.1, 0.15) is 22.6 Å². The van der Waals surface area contributed by atoms with Gasteiger partial charge in [-0.25, -0.2) is 13.1 Å². The van der Waals surface area contributed by atoms with Crippen molar-refractivity contribution in [3.05, 3.63) is 34.5 Å². The Hall–Kier alpha value is -1.22. The van der Waals surface area contributed by atoms with Crippen molar-refractivity contribution in [2.75, 3.05) is 13.2 Å². The number of H-pyrrole nitrogens is 1. The highest BCUT2D eigenvalue weighted by molar-refractivity contribution is 7.91. The van der Waals surface area contributed by atoms with E-state index in [0.29, 0.717) is 23.6 Å². The van der Waals surface area contributed by atoms with Gasteiger partial charge in [0.25, 0.3) is 0 Å². The maximum Gasteiger partial charge on any atom is 0.250 e. The number of aryl methyl sites for hydroxylation is 2. The van der Waals surface area contributed by atoms with Crippen molar-refractivity contribution in [3.8, 4) is 0 Å². The third-order valence-corrected chi connectivity index (χ3v) is 6.21. The summed E-state index contributed by atoms with van der Waals surface area (Å²) in [6, 6.07) is 3.32. The molecule has 2 rings (SSSR count). The molecule has 0 spiro atoms. The summed E-state index contributed by atoms with van der Waals surface area (Å²) in [6.45, 7) is 2.36. The maximum absolute atomic E-state index is 12.1. The zero-order chi connectivity index (χ0) is 15.3. The van der Waals surface area contributed by atoms with Crippen LogP contribution < -0.4 is 4.72 Å². The van der Waals surface area contributed by atoms with E-state index in [1.807, 2.05) is 6.92 Å². The normalized spacial score (nSPS) is 11.9. The minimum absolute atomic E-state index is 0.0253. The van der Waals surface area contributed by atoms with Crippen LogP contribution in [0.25, 0.3) is 0 Å². The number of nitrogens with zero attached hydrogens (tertiary/aromatic N) is 1. The molecule has 21 heavy (non-hydrogen) atoms. The Morgan fingerprint density at radius 2 is 2.19 bits per heavy atom. The quantitative estimate of drug-likeness (QED) is 0.635. The summed E-state index contributed by atoms with van der Waals surface area (Å²) in [7, 11) is -3.45.